The SMILES string of the molecule is CS.CS(=O)(=O)C(Br)(Br)Br.CS(C)(=O)=O.CSC.c1ccncc1.c1ccncc1.c1ccncc1.c1ccncc1. The van der Waals surface area contributed by atoms with E-state index in [1.807, 2.05) is 85.3 Å². The van der Waals surface area contributed by atoms with Gasteiger partial charge in [0.15, 0.2) is 9.84 Å². The van der Waals surface area contributed by atoms with Crippen LogP contribution in [0, 0.1) is 0 Å². The molecule has 8 nitrogen and oxygen atoms in total. The molecule has 0 unspecified atom stereocenters. The first-order valence-corrected chi connectivity index (χ1v) is 20.4. The number of thioether (sulfide) groups is 1. The molecule has 0 saturated heterocycles. The third-order valence-electron chi connectivity index (χ3n) is 2.69. The molecule has 4 heterocycles. The van der Waals surface area contributed by atoms with E-state index in [9.17, 15) is 16.8 Å². The number of halogens is 3. The smallest absolute Gasteiger partial charge is 0.234 e. The lowest BCUT2D eigenvalue weighted by Gasteiger charge is -2.06. The minimum absolute atomic E-state index is 1.10. The molecule has 0 saturated carbocycles. The zero-order valence-electron chi connectivity index (χ0n) is 24.3. The van der Waals surface area contributed by atoms with Gasteiger partial charge in [-0.1, -0.05) is 24.3 Å². The number of hydrogen-bond acceptors (Lipinski definition) is 10. The van der Waals surface area contributed by atoms with E-state index in [4.69, 9.17) is 0 Å². The van der Waals surface area contributed by atoms with E-state index in [2.05, 4.69) is 80.4 Å². The second-order valence-electron chi connectivity index (χ2n) is 6.87. The molecule has 0 radical (unpaired) electrons. The normalized spacial score (nSPS) is 9.19. The minimum Gasteiger partial charge on any atom is -0.265 e. The van der Waals surface area contributed by atoms with Gasteiger partial charge in [0.25, 0.3) is 0 Å². The van der Waals surface area contributed by atoms with Gasteiger partial charge >= 0.3 is 0 Å². The first kappa shape index (κ1) is 47.6. The topological polar surface area (TPSA) is 120 Å². The third-order valence-corrected chi connectivity index (χ3v) is 8.82. The number of sulfone groups is 2. The summed E-state index contributed by atoms with van der Waals surface area (Å²) in [6.45, 7) is 0. The van der Waals surface area contributed by atoms with Gasteiger partial charge < -0.3 is 0 Å². The van der Waals surface area contributed by atoms with Crippen LogP contribution in [0.2, 0.25) is 0 Å². The summed E-state index contributed by atoms with van der Waals surface area (Å²) >= 11 is 13.8. The van der Waals surface area contributed by atoms with Crippen LogP contribution in [0.25, 0.3) is 0 Å². The maximum Gasteiger partial charge on any atom is 0.234 e. The number of nitrogens with zero attached hydrogens (tertiary/aromatic N) is 4. The van der Waals surface area contributed by atoms with Crippen molar-refractivity contribution in [3.63, 3.8) is 0 Å². The summed E-state index contributed by atoms with van der Waals surface area (Å²) in [7, 11) is -5.76. The molecule has 0 bridgehead atoms. The number of aromatic nitrogens is 4. The molecule has 0 atom stereocenters. The van der Waals surface area contributed by atoms with Crippen LogP contribution in [0.4, 0.5) is 0 Å². The van der Waals surface area contributed by atoms with Crippen molar-refractivity contribution in [1.29, 1.82) is 0 Å². The summed E-state index contributed by atoms with van der Waals surface area (Å²) in [6.07, 6.45) is 23.2. The summed E-state index contributed by atoms with van der Waals surface area (Å²) in [5.74, 6) is 0. The highest BCUT2D eigenvalue weighted by molar-refractivity contribution is 9.42. The Morgan fingerprint density at radius 2 is 0.619 bits per heavy atom. The maximum atomic E-state index is 10.5. The van der Waals surface area contributed by atoms with Crippen LogP contribution in [0.5, 0.6) is 0 Å². The Kier molecular flexibility index (Phi) is 38.7. The fourth-order valence-corrected chi connectivity index (χ4v) is 1.25. The van der Waals surface area contributed by atoms with Crippen LogP contribution in [0.15, 0.2) is 122 Å². The van der Waals surface area contributed by atoms with E-state index >= 15 is 0 Å². The second kappa shape index (κ2) is 34.1. The molecule has 4 aromatic rings. The van der Waals surface area contributed by atoms with Crippen molar-refractivity contribution in [1.82, 2.24) is 19.9 Å². The maximum absolute atomic E-state index is 10.5. The third kappa shape index (κ3) is 54.7. The van der Waals surface area contributed by atoms with Crippen molar-refractivity contribution in [2.24, 2.45) is 0 Å². The molecule has 0 aliphatic rings. The first-order valence-electron chi connectivity index (χ1n) is 11.3. The predicted octanol–water partition coefficient (Wildman–Crippen LogP) is 7.34. The lowest BCUT2D eigenvalue weighted by molar-refractivity contribution is 0.603. The number of pyridine rings is 4. The number of rotatable bonds is 0. The molecular formula is C27H39Br3N4O4S4. The molecule has 15 heteroatoms. The van der Waals surface area contributed by atoms with Crippen LogP contribution in [-0.2, 0) is 19.7 Å². The largest absolute Gasteiger partial charge is 0.265 e. The van der Waals surface area contributed by atoms with Crippen molar-refractivity contribution in [2.75, 3.05) is 37.5 Å². The van der Waals surface area contributed by atoms with E-state index < -0.39 is 21.1 Å². The van der Waals surface area contributed by atoms with Gasteiger partial charge in [0.2, 0.25) is 1.47 Å². The van der Waals surface area contributed by atoms with E-state index in [0.717, 1.165) is 18.8 Å². The summed E-state index contributed by atoms with van der Waals surface area (Å²) < 4.78 is 39.1. The average Bonchev–Trinajstić information content (AvgIpc) is 2.98. The van der Waals surface area contributed by atoms with E-state index in [-0.39, 0.29) is 0 Å². The summed E-state index contributed by atoms with van der Waals surface area (Å²) in [6, 6.07) is 22.9. The van der Waals surface area contributed by atoms with Crippen molar-refractivity contribution >= 4 is 91.9 Å². The zero-order chi connectivity index (χ0) is 33.2. The molecule has 4 rings (SSSR count). The van der Waals surface area contributed by atoms with Crippen molar-refractivity contribution in [3.05, 3.63) is 122 Å². The Labute approximate surface area is 287 Å². The molecule has 0 amide bonds. The predicted molar refractivity (Wildman–Crippen MR) is 196 cm³/mol. The van der Waals surface area contributed by atoms with E-state index in [0.29, 0.717) is 0 Å². The van der Waals surface area contributed by atoms with Crippen LogP contribution >= 0.6 is 72.2 Å². The monoisotopic (exact) mass is 848 g/mol. The van der Waals surface area contributed by atoms with Crippen LogP contribution < -0.4 is 0 Å². The first-order chi connectivity index (χ1) is 19.7. The molecule has 4 aromatic heterocycles. The highest BCUT2D eigenvalue weighted by Gasteiger charge is 2.30. The number of thiol groups is 1. The minimum atomic E-state index is -3.09. The summed E-state index contributed by atoms with van der Waals surface area (Å²) in [5.41, 5.74) is 0. The van der Waals surface area contributed by atoms with Gasteiger partial charge in [-0.25, -0.2) is 16.8 Å². The van der Waals surface area contributed by atoms with E-state index in [1.165, 1.54) is 0 Å². The fourth-order valence-electron chi connectivity index (χ4n) is 1.25. The Balaban J connectivity index is -0.000000201. The lowest BCUT2D eigenvalue weighted by Crippen LogP contribution is -2.14. The molecule has 0 spiro atoms. The van der Waals surface area contributed by atoms with Crippen molar-refractivity contribution in [2.45, 2.75) is 1.47 Å². The van der Waals surface area contributed by atoms with Gasteiger partial charge in [-0.05, 0) is 115 Å². The van der Waals surface area contributed by atoms with Gasteiger partial charge in [-0.2, -0.15) is 24.4 Å². The molecule has 0 aliphatic carbocycles. The van der Waals surface area contributed by atoms with Crippen LogP contribution in [-0.4, -0.2) is 75.8 Å². The quantitative estimate of drug-likeness (QED) is 0.143. The Bertz CT molecular complexity index is 989. The molecule has 0 aliphatic heterocycles. The standard InChI is InChI=1S/4C5H5N.C2H3Br3O2S.C2H6O2S.C2H6S.CH4S/c4*1-2-4-6-5-3-1;1-8(6,7)2(3,4)5;1-5(2,3)4;1-3-2;1-2/h4*1-5H;1H3;1-2H3;1-2H3;2H,1H3. The Morgan fingerprint density at radius 3 is 0.643 bits per heavy atom. The highest BCUT2D eigenvalue weighted by Crippen LogP contribution is 2.38. The van der Waals surface area contributed by atoms with E-state index in [1.54, 1.807) is 67.6 Å². The van der Waals surface area contributed by atoms with Gasteiger partial charge in [0, 0.05) is 68.3 Å². The number of hydrogen-bond donors (Lipinski definition) is 1. The van der Waals surface area contributed by atoms with Gasteiger partial charge in [0.05, 0.1) is 0 Å². The van der Waals surface area contributed by atoms with Crippen LogP contribution in [0.3, 0.4) is 0 Å². The zero-order valence-corrected chi connectivity index (χ0v) is 32.4. The Morgan fingerprint density at radius 1 is 0.500 bits per heavy atom. The summed E-state index contributed by atoms with van der Waals surface area (Å²) in [5, 5.41) is 0. The highest BCUT2D eigenvalue weighted by atomic mass is 80.0. The lowest BCUT2D eigenvalue weighted by atomic mass is 10.5. The molecule has 236 valence electrons. The molecule has 0 N–H and O–H groups in total. The summed E-state index contributed by atoms with van der Waals surface area (Å²) in [4.78, 5) is 15.1. The fraction of sp³-hybridized carbons (Fsp3) is 0.259. The van der Waals surface area contributed by atoms with Crippen molar-refractivity contribution in [3.8, 4) is 0 Å². The molecule has 0 aromatic carbocycles. The van der Waals surface area contributed by atoms with Gasteiger partial charge in [0.1, 0.15) is 9.84 Å². The number of alkyl halides is 3. The molecule has 0 fully saturated rings. The second-order valence-corrected chi connectivity index (χ2v) is 20.5. The van der Waals surface area contributed by atoms with Crippen LogP contribution in [0.1, 0.15) is 0 Å². The van der Waals surface area contributed by atoms with Gasteiger partial charge in [-0.3, -0.25) is 19.9 Å². The molecule has 42 heavy (non-hydrogen) atoms. The Hall–Kier alpha value is -1.36. The van der Waals surface area contributed by atoms with Crippen molar-refractivity contribution < 1.29 is 16.8 Å². The molecular weight excluding hydrogens is 812 g/mol. The van der Waals surface area contributed by atoms with Gasteiger partial charge in [-0.15, -0.1) is 0 Å². The average molecular weight is 852 g/mol.